The molecule has 1 aromatic rings. The molecule has 0 aliphatic carbocycles. The molecule has 2 nitrogen and oxygen atoms in total. The number of nitrogens with zero attached hydrogens (tertiary/aromatic N) is 1. The molecule has 82 valence electrons. The van der Waals surface area contributed by atoms with Crippen molar-refractivity contribution in [1.82, 2.24) is 4.90 Å². The molecule has 1 amide bonds. The van der Waals surface area contributed by atoms with Crippen molar-refractivity contribution in [2.24, 2.45) is 0 Å². The summed E-state index contributed by atoms with van der Waals surface area (Å²) in [6.07, 6.45) is 0.364. The summed E-state index contributed by atoms with van der Waals surface area (Å²) in [6.45, 7) is 0.523. The van der Waals surface area contributed by atoms with Crippen LogP contribution < -0.4 is 0 Å². The quantitative estimate of drug-likeness (QED) is 0.748. The van der Waals surface area contributed by atoms with Crippen LogP contribution >= 0.6 is 23.2 Å². The van der Waals surface area contributed by atoms with E-state index >= 15 is 0 Å². The highest BCUT2D eigenvalue weighted by Gasteiger charge is 2.09. The summed E-state index contributed by atoms with van der Waals surface area (Å²) in [5.41, 5.74) is 0.949. The van der Waals surface area contributed by atoms with Crippen LogP contribution in [0, 0.1) is 0 Å². The highest BCUT2D eigenvalue weighted by atomic mass is 35.5. The van der Waals surface area contributed by atoms with Crippen LogP contribution in [0.1, 0.15) is 12.0 Å². The minimum absolute atomic E-state index is 0.0323. The van der Waals surface area contributed by atoms with Crippen LogP contribution in [0.3, 0.4) is 0 Å². The second-order valence-electron chi connectivity index (χ2n) is 3.28. The van der Waals surface area contributed by atoms with Gasteiger partial charge in [-0.2, -0.15) is 0 Å². The summed E-state index contributed by atoms with van der Waals surface area (Å²) in [7, 11) is 1.75. The molecule has 0 atom stereocenters. The van der Waals surface area contributed by atoms with Gasteiger partial charge in [0, 0.05) is 30.9 Å². The number of hydrogen-bond acceptors (Lipinski definition) is 1. The molecule has 0 unspecified atom stereocenters. The molecular formula is C11H13Cl2NO. The summed E-state index contributed by atoms with van der Waals surface area (Å²) < 4.78 is 0. The van der Waals surface area contributed by atoms with Gasteiger partial charge in [0.05, 0.1) is 0 Å². The monoisotopic (exact) mass is 245 g/mol. The van der Waals surface area contributed by atoms with Crippen LogP contribution in [0.5, 0.6) is 0 Å². The lowest BCUT2D eigenvalue weighted by Gasteiger charge is -2.17. The van der Waals surface area contributed by atoms with Crippen molar-refractivity contribution in [3.63, 3.8) is 0 Å². The van der Waals surface area contributed by atoms with E-state index in [0.29, 0.717) is 23.9 Å². The molecule has 0 aromatic heterocycles. The van der Waals surface area contributed by atoms with Crippen molar-refractivity contribution in [1.29, 1.82) is 0 Å². The summed E-state index contributed by atoms with van der Waals surface area (Å²) in [4.78, 5) is 13.1. The van der Waals surface area contributed by atoms with Crippen molar-refractivity contribution in [3.05, 3.63) is 34.9 Å². The number of hydrogen-bond donors (Lipinski definition) is 0. The van der Waals surface area contributed by atoms with Crippen LogP contribution in [0.15, 0.2) is 24.3 Å². The average molecular weight is 246 g/mol. The zero-order valence-electron chi connectivity index (χ0n) is 8.54. The second kappa shape index (κ2) is 5.99. The minimum Gasteiger partial charge on any atom is -0.341 e. The van der Waals surface area contributed by atoms with Gasteiger partial charge in [0.15, 0.2) is 0 Å². The average Bonchev–Trinajstić information content (AvgIpc) is 2.21. The van der Waals surface area contributed by atoms with E-state index in [2.05, 4.69) is 0 Å². The van der Waals surface area contributed by atoms with Crippen molar-refractivity contribution >= 4 is 29.1 Å². The van der Waals surface area contributed by atoms with Crippen LogP contribution in [0.4, 0.5) is 0 Å². The van der Waals surface area contributed by atoms with Crippen molar-refractivity contribution in [2.75, 3.05) is 12.9 Å². The fraction of sp³-hybridized carbons (Fsp3) is 0.364. The lowest BCUT2D eigenvalue weighted by molar-refractivity contribution is -0.129. The maximum absolute atomic E-state index is 11.5. The number of amides is 1. The highest BCUT2D eigenvalue weighted by Crippen LogP contribution is 2.16. The summed E-state index contributed by atoms with van der Waals surface area (Å²) in [6, 6.07) is 7.50. The number of carbonyl (C=O) groups is 1. The van der Waals surface area contributed by atoms with Gasteiger partial charge >= 0.3 is 0 Å². The van der Waals surface area contributed by atoms with Gasteiger partial charge in [-0.3, -0.25) is 4.79 Å². The number of halogens is 2. The molecule has 0 aliphatic rings. The van der Waals surface area contributed by atoms with Crippen molar-refractivity contribution < 1.29 is 4.79 Å². The highest BCUT2D eigenvalue weighted by molar-refractivity contribution is 6.31. The molecule has 1 rings (SSSR count). The normalized spacial score (nSPS) is 10.1. The molecule has 0 radical (unpaired) electrons. The van der Waals surface area contributed by atoms with Crippen LogP contribution in [0.25, 0.3) is 0 Å². The molecule has 0 aliphatic heterocycles. The van der Waals surface area contributed by atoms with Gasteiger partial charge < -0.3 is 4.90 Å². The van der Waals surface area contributed by atoms with Gasteiger partial charge in [0.1, 0.15) is 0 Å². The first-order valence-corrected chi connectivity index (χ1v) is 5.59. The lowest BCUT2D eigenvalue weighted by Crippen LogP contribution is -2.26. The molecule has 0 bridgehead atoms. The van der Waals surface area contributed by atoms with E-state index in [1.54, 1.807) is 11.9 Å². The summed E-state index contributed by atoms with van der Waals surface area (Å²) in [5, 5.41) is 0.683. The number of rotatable bonds is 4. The molecule has 0 N–H and O–H groups in total. The second-order valence-corrected chi connectivity index (χ2v) is 4.07. The summed E-state index contributed by atoms with van der Waals surface area (Å²) in [5.74, 6) is 0.385. The SMILES string of the molecule is CN(Cc1ccccc1Cl)C(=O)CCCl. The van der Waals surface area contributed by atoms with Gasteiger partial charge in [-0.25, -0.2) is 0 Å². The Morgan fingerprint density at radius 1 is 1.40 bits per heavy atom. The van der Waals surface area contributed by atoms with Gasteiger partial charge in [-0.1, -0.05) is 29.8 Å². The van der Waals surface area contributed by atoms with E-state index in [4.69, 9.17) is 23.2 Å². The Bertz CT molecular complexity index is 341. The Balaban J connectivity index is 2.62. The van der Waals surface area contributed by atoms with E-state index < -0.39 is 0 Å². The third-order valence-corrected chi connectivity index (χ3v) is 2.66. The smallest absolute Gasteiger partial charge is 0.223 e. The van der Waals surface area contributed by atoms with E-state index in [1.807, 2.05) is 24.3 Å². The van der Waals surface area contributed by atoms with E-state index in [-0.39, 0.29) is 5.91 Å². The molecule has 0 fully saturated rings. The fourth-order valence-corrected chi connectivity index (χ4v) is 1.60. The molecule has 4 heteroatoms. The standard InChI is InChI=1S/C11H13Cl2NO/c1-14(11(15)6-7-12)8-9-4-2-3-5-10(9)13/h2-5H,6-8H2,1H3. The van der Waals surface area contributed by atoms with Crippen LogP contribution in [-0.4, -0.2) is 23.7 Å². The molecule has 1 aromatic carbocycles. The molecule has 0 saturated carbocycles. The lowest BCUT2D eigenvalue weighted by atomic mass is 10.2. The maximum Gasteiger partial charge on any atom is 0.223 e. The minimum atomic E-state index is 0.0323. The van der Waals surface area contributed by atoms with E-state index in [9.17, 15) is 4.79 Å². The van der Waals surface area contributed by atoms with Crippen LogP contribution in [-0.2, 0) is 11.3 Å². The summed E-state index contributed by atoms with van der Waals surface area (Å²) >= 11 is 11.5. The number of benzene rings is 1. The molecular weight excluding hydrogens is 233 g/mol. The Morgan fingerprint density at radius 2 is 2.07 bits per heavy atom. The Kier molecular flexibility index (Phi) is 4.92. The number of alkyl halides is 1. The van der Waals surface area contributed by atoms with Gasteiger partial charge in [-0.05, 0) is 11.6 Å². The molecule has 15 heavy (non-hydrogen) atoms. The van der Waals surface area contributed by atoms with Gasteiger partial charge in [-0.15, -0.1) is 11.6 Å². The fourth-order valence-electron chi connectivity index (χ4n) is 1.24. The Morgan fingerprint density at radius 3 is 2.67 bits per heavy atom. The Hall–Kier alpha value is -0.730. The van der Waals surface area contributed by atoms with Gasteiger partial charge in [0.2, 0.25) is 5.91 Å². The van der Waals surface area contributed by atoms with Gasteiger partial charge in [0.25, 0.3) is 0 Å². The predicted octanol–water partition coefficient (Wildman–Crippen LogP) is 2.93. The Labute approximate surface area is 99.8 Å². The van der Waals surface area contributed by atoms with E-state index in [0.717, 1.165) is 5.56 Å². The molecule has 0 heterocycles. The first kappa shape index (κ1) is 12.3. The van der Waals surface area contributed by atoms with Crippen molar-refractivity contribution in [3.8, 4) is 0 Å². The van der Waals surface area contributed by atoms with Crippen LogP contribution in [0.2, 0.25) is 5.02 Å². The predicted molar refractivity (Wildman–Crippen MR) is 63.3 cm³/mol. The zero-order valence-corrected chi connectivity index (χ0v) is 10.1. The largest absolute Gasteiger partial charge is 0.341 e. The zero-order chi connectivity index (χ0) is 11.3. The van der Waals surface area contributed by atoms with E-state index in [1.165, 1.54) is 0 Å². The topological polar surface area (TPSA) is 20.3 Å². The first-order chi connectivity index (χ1) is 7.15. The first-order valence-electron chi connectivity index (χ1n) is 4.68. The molecule has 0 saturated heterocycles. The van der Waals surface area contributed by atoms with Crippen molar-refractivity contribution in [2.45, 2.75) is 13.0 Å². The maximum atomic E-state index is 11.5. The molecule has 0 spiro atoms. The third-order valence-electron chi connectivity index (χ3n) is 2.10. The number of carbonyl (C=O) groups excluding carboxylic acids is 1. The third kappa shape index (κ3) is 3.73.